The molecule has 0 saturated heterocycles. The van der Waals surface area contributed by atoms with Crippen LogP contribution in [0.25, 0.3) is 11.1 Å². The minimum atomic E-state index is -1.40. The van der Waals surface area contributed by atoms with Crippen LogP contribution in [0.5, 0.6) is 5.75 Å². The van der Waals surface area contributed by atoms with E-state index in [0.29, 0.717) is 24.3 Å². The molecule has 0 aliphatic carbocycles. The maximum Gasteiger partial charge on any atom is 0.303 e. The van der Waals surface area contributed by atoms with Crippen molar-refractivity contribution >= 4 is 11.9 Å². The Labute approximate surface area is 206 Å². The number of benzene rings is 2. The van der Waals surface area contributed by atoms with Crippen molar-refractivity contribution < 1.29 is 24.5 Å². The lowest BCUT2D eigenvalue weighted by Gasteiger charge is -2.34. The van der Waals surface area contributed by atoms with E-state index in [1.807, 2.05) is 48.5 Å². The molecule has 7 nitrogen and oxygen atoms in total. The van der Waals surface area contributed by atoms with E-state index < -0.39 is 11.7 Å². The van der Waals surface area contributed by atoms with Crippen molar-refractivity contribution in [1.29, 1.82) is 0 Å². The molecule has 184 valence electrons. The second-order valence-electron chi connectivity index (χ2n) is 8.86. The Kier molecular flexibility index (Phi) is 8.98. The molecule has 1 amide bonds. The van der Waals surface area contributed by atoms with Crippen LogP contribution in [0.1, 0.15) is 55.5 Å². The van der Waals surface area contributed by atoms with Gasteiger partial charge in [0.1, 0.15) is 11.5 Å². The van der Waals surface area contributed by atoms with Gasteiger partial charge in [0.2, 0.25) is 0 Å². The molecule has 35 heavy (non-hydrogen) atoms. The number of amides is 1. The van der Waals surface area contributed by atoms with Gasteiger partial charge in [0, 0.05) is 29.9 Å². The van der Waals surface area contributed by atoms with Crippen molar-refractivity contribution in [3.63, 3.8) is 0 Å². The molecule has 0 saturated carbocycles. The van der Waals surface area contributed by atoms with Gasteiger partial charge in [-0.05, 0) is 74.6 Å². The number of rotatable bonds is 12. The molecule has 3 rings (SSSR count). The number of hydrogen-bond acceptors (Lipinski definition) is 5. The first-order chi connectivity index (χ1) is 16.8. The van der Waals surface area contributed by atoms with Crippen LogP contribution in [0, 0.1) is 0 Å². The number of carboxylic acids is 1. The lowest BCUT2D eigenvalue weighted by molar-refractivity contribution is -0.137. The second-order valence-corrected chi connectivity index (χ2v) is 8.86. The zero-order chi connectivity index (χ0) is 25.3. The minimum absolute atomic E-state index is 0.156. The number of para-hydroxylation sites is 1. The van der Waals surface area contributed by atoms with Gasteiger partial charge < -0.3 is 19.8 Å². The van der Waals surface area contributed by atoms with Gasteiger partial charge in [0.05, 0.1) is 13.2 Å². The normalized spacial score (nSPS) is 11.2. The largest absolute Gasteiger partial charge is 0.493 e. The van der Waals surface area contributed by atoms with Gasteiger partial charge in [-0.15, -0.1) is 0 Å². The summed E-state index contributed by atoms with van der Waals surface area (Å²) in [6.45, 7) is 3.79. The summed E-state index contributed by atoms with van der Waals surface area (Å²) in [6, 6.07) is 18.5. The summed E-state index contributed by atoms with van der Waals surface area (Å²) in [4.78, 5) is 29.5. The fourth-order valence-electron chi connectivity index (χ4n) is 3.70. The Bertz CT molecular complexity index is 1110. The zero-order valence-electron chi connectivity index (χ0n) is 20.2. The Hall–Kier alpha value is -3.71. The monoisotopic (exact) mass is 476 g/mol. The molecule has 0 aliphatic rings. The highest BCUT2D eigenvalue weighted by molar-refractivity contribution is 5.95. The molecule has 7 heteroatoms. The van der Waals surface area contributed by atoms with Gasteiger partial charge in [-0.1, -0.05) is 30.3 Å². The number of nitrogens with zero attached hydrogens (tertiary/aromatic N) is 2. The Morgan fingerprint density at radius 1 is 0.914 bits per heavy atom. The van der Waals surface area contributed by atoms with E-state index >= 15 is 0 Å². The van der Waals surface area contributed by atoms with Gasteiger partial charge in [-0.25, -0.2) is 0 Å². The summed E-state index contributed by atoms with van der Waals surface area (Å²) < 4.78 is 5.94. The van der Waals surface area contributed by atoms with E-state index in [2.05, 4.69) is 4.98 Å². The van der Waals surface area contributed by atoms with Crippen molar-refractivity contribution in [3.05, 3.63) is 84.2 Å². The molecule has 2 aromatic carbocycles. The molecule has 0 fully saturated rings. The van der Waals surface area contributed by atoms with E-state index in [0.717, 1.165) is 29.5 Å². The fourth-order valence-corrected chi connectivity index (χ4v) is 3.70. The summed E-state index contributed by atoms with van der Waals surface area (Å²) in [6.07, 6.45) is 5.71. The summed E-state index contributed by atoms with van der Waals surface area (Å²) in [5.41, 5.74) is 1.84. The van der Waals surface area contributed by atoms with E-state index in [9.17, 15) is 14.7 Å². The first kappa shape index (κ1) is 25.9. The Morgan fingerprint density at radius 2 is 1.57 bits per heavy atom. The molecule has 0 aliphatic heterocycles. The molecular weight excluding hydrogens is 444 g/mol. The molecule has 1 aromatic heterocycles. The van der Waals surface area contributed by atoms with Gasteiger partial charge in [0.15, 0.2) is 0 Å². The molecule has 1 heterocycles. The number of pyridine rings is 1. The van der Waals surface area contributed by atoms with Crippen molar-refractivity contribution in [2.24, 2.45) is 0 Å². The van der Waals surface area contributed by atoms with Crippen LogP contribution in [0.2, 0.25) is 0 Å². The number of carbonyl (C=O) groups is 2. The predicted octanol–water partition coefficient (Wildman–Crippen LogP) is 5.14. The zero-order valence-corrected chi connectivity index (χ0v) is 20.2. The molecule has 0 bridgehead atoms. The van der Waals surface area contributed by atoms with E-state index in [1.54, 1.807) is 38.4 Å². The summed E-state index contributed by atoms with van der Waals surface area (Å²) in [5.74, 6) is -0.442. The predicted molar refractivity (Wildman–Crippen MR) is 134 cm³/mol. The number of carbonyl (C=O) groups excluding carboxylic acids is 1. The van der Waals surface area contributed by atoms with Crippen LogP contribution in [0.15, 0.2) is 73.1 Å². The van der Waals surface area contributed by atoms with Crippen LogP contribution in [0.4, 0.5) is 0 Å². The summed E-state index contributed by atoms with van der Waals surface area (Å²) in [5, 5.41) is 19.6. The van der Waals surface area contributed by atoms with Crippen LogP contribution in [-0.4, -0.2) is 44.3 Å². The molecule has 0 spiro atoms. The molecule has 0 atom stereocenters. The molecule has 3 aromatic rings. The highest BCUT2D eigenvalue weighted by atomic mass is 16.5. The van der Waals surface area contributed by atoms with Crippen molar-refractivity contribution in [1.82, 2.24) is 9.88 Å². The average Bonchev–Trinajstić information content (AvgIpc) is 2.84. The highest BCUT2D eigenvalue weighted by Crippen LogP contribution is 2.26. The number of unbranched alkanes of at least 4 members (excludes halogenated alkanes) is 2. The highest BCUT2D eigenvalue weighted by Gasteiger charge is 2.30. The van der Waals surface area contributed by atoms with Crippen LogP contribution >= 0.6 is 0 Å². The fraction of sp³-hybridized carbons (Fsp3) is 0.321. The first-order valence-electron chi connectivity index (χ1n) is 11.7. The minimum Gasteiger partial charge on any atom is -0.493 e. The lowest BCUT2D eigenvalue weighted by atomic mass is 10.0. The maximum atomic E-state index is 13.4. The number of carboxylic acid groups (broad SMARTS) is 1. The third-order valence-electron chi connectivity index (χ3n) is 5.64. The Balaban J connectivity index is 1.70. The quantitative estimate of drug-likeness (QED) is 0.277. The Morgan fingerprint density at radius 3 is 2.23 bits per heavy atom. The third kappa shape index (κ3) is 7.65. The average molecular weight is 477 g/mol. The van der Waals surface area contributed by atoms with Crippen LogP contribution in [-0.2, 0) is 11.3 Å². The van der Waals surface area contributed by atoms with Crippen molar-refractivity contribution in [2.45, 2.75) is 51.8 Å². The van der Waals surface area contributed by atoms with Gasteiger partial charge in [-0.2, -0.15) is 0 Å². The van der Waals surface area contributed by atoms with Gasteiger partial charge in [-0.3, -0.25) is 14.6 Å². The van der Waals surface area contributed by atoms with E-state index in [4.69, 9.17) is 9.84 Å². The molecule has 2 N–H and O–H groups in total. The van der Waals surface area contributed by atoms with Gasteiger partial charge >= 0.3 is 5.97 Å². The lowest BCUT2D eigenvalue weighted by Crippen LogP contribution is -2.47. The van der Waals surface area contributed by atoms with Crippen molar-refractivity contribution in [3.8, 4) is 16.9 Å². The molecular formula is C28H32N2O5. The number of hydrogen-bond donors (Lipinski definition) is 2. The third-order valence-corrected chi connectivity index (χ3v) is 5.64. The topological polar surface area (TPSA) is 100.0 Å². The van der Waals surface area contributed by atoms with Crippen LogP contribution in [0.3, 0.4) is 0 Å². The summed E-state index contributed by atoms with van der Waals surface area (Å²) in [7, 11) is 0. The number of aliphatic carboxylic acids is 1. The first-order valence-corrected chi connectivity index (χ1v) is 11.7. The van der Waals surface area contributed by atoms with E-state index in [-0.39, 0.29) is 18.9 Å². The number of aromatic nitrogens is 1. The second kappa shape index (κ2) is 12.1. The SMILES string of the molecule is CC(C)(O)N(Cc1ccccc1OCCCCCC(=O)O)C(=O)c1ccc(-c2ccncc2)cc1. The number of aliphatic hydroxyl groups is 1. The number of ether oxygens (including phenoxy) is 1. The van der Waals surface area contributed by atoms with Gasteiger partial charge in [0.25, 0.3) is 5.91 Å². The van der Waals surface area contributed by atoms with E-state index in [1.165, 1.54) is 4.90 Å². The molecule has 0 radical (unpaired) electrons. The van der Waals surface area contributed by atoms with Crippen molar-refractivity contribution in [2.75, 3.05) is 6.61 Å². The van der Waals surface area contributed by atoms with Crippen LogP contribution < -0.4 is 4.74 Å². The summed E-state index contributed by atoms with van der Waals surface area (Å²) >= 11 is 0. The molecule has 0 unspecified atom stereocenters. The maximum absolute atomic E-state index is 13.4. The standard InChI is InChI=1S/C28H32N2O5/c1-28(2,34)30(27(33)23-13-11-21(12-14-23)22-15-17-29-18-16-22)20-24-8-5-6-9-25(24)35-19-7-3-4-10-26(31)32/h5-6,8-9,11-18,34H,3-4,7,10,19-20H2,1-2H3,(H,31,32). The smallest absolute Gasteiger partial charge is 0.303 e.